The Morgan fingerprint density at radius 3 is 2.57 bits per heavy atom. The highest BCUT2D eigenvalue weighted by Crippen LogP contribution is 2.17. The highest BCUT2D eigenvalue weighted by molar-refractivity contribution is 5.92. The smallest absolute Gasteiger partial charge is 0.238 e. The highest BCUT2D eigenvalue weighted by atomic mass is 19.1. The molecule has 0 saturated carbocycles. The highest BCUT2D eigenvalue weighted by Gasteiger charge is 2.13. The number of carbonyl (C=O) groups is 1. The number of hydrogen-bond acceptors (Lipinski definition) is 3. The van der Waals surface area contributed by atoms with Crippen molar-refractivity contribution in [1.82, 2.24) is 5.32 Å². The van der Waals surface area contributed by atoms with Gasteiger partial charge in [-0.3, -0.25) is 4.79 Å². The van der Waals surface area contributed by atoms with Crippen molar-refractivity contribution < 1.29 is 18.7 Å². The average molecular weight is 320 g/mol. The third-order valence-corrected chi connectivity index (χ3v) is 3.33. The molecule has 4 nitrogen and oxygen atoms in total. The minimum absolute atomic E-state index is 0.0350. The Morgan fingerprint density at radius 2 is 1.87 bits per heavy atom. The van der Waals surface area contributed by atoms with E-state index in [1.165, 1.54) is 0 Å². The predicted molar refractivity (Wildman–Crippen MR) is 83.9 cm³/mol. The summed E-state index contributed by atoms with van der Waals surface area (Å²) in [6.45, 7) is -0.123. The fourth-order valence-electron chi connectivity index (χ4n) is 2.20. The van der Waals surface area contributed by atoms with Crippen molar-refractivity contribution in [1.29, 1.82) is 0 Å². The Labute approximate surface area is 133 Å². The number of amides is 1. The molecular weight excluding hydrogens is 302 g/mol. The van der Waals surface area contributed by atoms with E-state index in [1.54, 1.807) is 0 Å². The fourth-order valence-corrected chi connectivity index (χ4v) is 2.20. The first-order valence-corrected chi connectivity index (χ1v) is 7.24. The molecule has 1 atom stereocenters. The second-order valence-electron chi connectivity index (χ2n) is 5.03. The molecule has 2 aromatic carbocycles. The van der Waals surface area contributed by atoms with Gasteiger partial charge in [0.2, 0.25) is 5.91 Å². The number of nitrogens with one attached hydrogen (secondary N) is 2. The number of hydrogen-bond donors (Lipinski definition) is 3. The van der Waals surface area contributed by atoms with Gasteiger partial charge in [0.05, 0.1) is 12.2 Å². The maximum absolute atomic E-state index is 13.5. The second kappa shape index (κ2) is 8.36. The molecule has 0 fully saturated rings. The summed E-state index contributed by atoms with van der Waals surface area (Å²) >= 11 is 0. The Hall–Kier alpha value is -2.31. The molecule has 0 aliphatic heterocycles. The van der Waals surface area contributed by atoms with Crippen LogP contribution < -0.4 is 10.6 Å². The Morgan fingerprint density at radius 1 is 1.13 bits per heavy atom. The van der Waals surface area contributed by atoms with E-state index in [1.807, 2.05) is 30.3 Å². The van der Waals surface area contributed by atoms with Crippen LogP contribution in [0.25, 0.3) is 0 Å². The van der Waals surface area contributed by atoms with Gasteiger partial charge in [0.25, 0.3) is 0 Å². The Bertz CT molecular complexity index is 650. The third-order valence-electron chi connectivity index (χ3n) is 3.33. The van der Waals surface area contributed by atoms with Crippen molar-refractivity contribution in [2.45, 2.75) is 12.5 Å². The molecule has 0 aliphatic carbocycles. The van der Waals surface area contributed by atoms with Gasteiger partial charge >= 0.3 is 0 Å². The summed E-state index contributed by atoms with van der Waals surface area (Å²) < 4.78 is 26.6. The summed E-state index contributed by atoms with van der Waals surface area (Å²) in [6.07, 6.45) is 0.436. The quantitative estimate of drug-likeness (QED) is 0.735. The molecule has 0 radical (unpaired) electrons. The zero-order valence-corrected chi connectivity index (χ0v) is 12.4. The summed E-state index contributed by atoms with van der Waals surface area (Å²) in [7, 11) is 0. The maximum Gasteiger partial charge on any atom is 0.238 e. The van der Waals surface area contributed by atoms with E-state index in [2.05, 4.69) is 10.6 Å². The van der Waals surface area contributed by atoms with E-state index < -0.39 is 17.5 Å². The van der Waals surface area contributed by atoms with Gasteiger partial charge in [-0.2, -0.15) is 0 Å². The summed E-state index contributed by atoms with van der Waals surface area (Å²) in [5.74, 6) is -1.82. The van der Waals surface area contributed by atoms with Crippen LogP contribution >= 0.6 is 0 Å². The van der Waals surface area contributed by atoms with Gasteiger partial charge in [-0.05, 0) is 24.1 Å². The monoisotopic (exact) mass is 320 g/mol. The van der Waals surface area contributed by atoms with Gasteiger partial charge < -0.3 is 15.7 Å². The van der Waals surface area contributed by atoms with Crippen LogP contribution in [0.5, 0.6) is 0 Å². The largest absolute Gasteiger partial charge is 0.396 e. The number of benzene rings is 2. The maximum atomic E-state index is 13.5. The fraction of sp³-hybridized carbons (Fsp3) is 0.235. The molecule has 122 valence electrons. The van der Waals surface area contributed by atoms with E-state index in [9.17, 15) is 13.6 Å². The predicted octanol–water partition coefficient (Wildman–Crippen LogP) is 2.62. The minimum Gasteiger partial charge on any atom is -0.396 e. The number of anilines is 1. The third kappa shape index (κ3) is 5.12. The van der Waals surface area contributed by atoms with Gasteiger partial charge in [-0.25, -0.2) is 8.78 Å². The van der Waals surface area contributed by atoms with E-state index in [-0.39, 0.29) is 24.9 Å². The van der Waals surface area contributed by atoms with Crippen LogP contribution in [0.3, 0.4) is 0 Å². The summed E-state index contributed by atoms with van der Waals surface area (Å²) in [5.41, 5.74) is 0.738. The topological polar surface area (TPSA) is 61.4 Å². The molecule has 23 heavy (non-hydrogen) atoms. The van der Waals surface area contributed by atoms with E-state index in [0.29, 0.717) is 6.42 Å². The number of rotatable bonds is 7. The second-order valence-corrected chi connectivity index (χ2v) is 5.03. The van der Waals surface area contributed by atoms with Gasteiger partial charge in [-0.15, -0.1) is 0 Å². The van der Waals surface area contributed by atoms with Gasteiger partial charge in [0, 0.05) is 18.7 Å². The summed E-state index contributed by atoms with van der Waals surface area (Å²) in [5, 5.41) is 14.5. The molecule has 2 rings (SSSR count). The lowest BCUT2D eigenvalue weighted by molar-refractivity contribution is -0.115. The Balaban J connectivity index is 1.95. The molecule has 0 aromatic heterocycles. The lowest BCUT2D eigenvalue weighted by Crippen LogP contribution is -2.32. The number of aliphatic hydroxyl groups excluding tert-OH is 1. The van der Waals surface area contributed by atoms with Crippen LogP contribution in [0.4, 0.5) is 14.5 Å². The lowest BCUT2D eigenvalue weighted by atomic mass is 10.0. The summed E-state index contributed by atoms with van der Waals surface area (Å²) in [4.78, 5) is 11.9. The van der Waals surface area contributed by atoms with Crippen molar-refractivity contribution in [2.75, 3.05) is 18.5 Å². The van der Waals surface area contributed by atoms with Gasteiger partial charge in [-0.1, -0.05) is 30.3 Å². The molecule has 0 bridgehead atoms. The van der Waals surface area contributed by atoms with Crippen LogP contribution in [0.2, 0.25) is 0 Å². The number of carbonyl (C=O) groups excluding carboxylic acids is 1. The molecule has 3 N–H and O–H groups in total. The zero-order valence-electron chi connectivity index (χ0n) is 12.4. The van der Waals surface area contributed by atoms with E-state index in [0.717, 1.165) is 23.8 Å². The van der Waals surface area contributed by atoms with Crippen LogP contribution in [0.1, 0.15) is 18.0 Å². The van der Waals surface area contributed by atoms with Crippen LogP contribution in [-0.4, -0.2) is 24.2 Å². The first-order chi connectivity index (χ1) is 11.1. The van der Waals surface area contributed by atoms with Crippen LogP contribution in [0, 0.1) is 11.6 Å². The average Bonchev–Trinajstić information content (AvgIpc) is 2.55. The molecule has 6 heteroatoms. The molecule has 0 spiro atoms. The van der Waals surface area contributed by atoms with E-state index >= 15 is 0 Å². The van der Waals surface area contributed by atoms with Crippen molar-refractivity contribution >= 4 is 11.6 Å². The summed E-state index contributed by atoms with van der Waals surface area (Å²) in [6, 6.07) is 12.0. The molecule has 0 aliphatic rings. The lowest BCUT2D eigenvalue weighted by Gasteiger charge is -2.18. The van der Waals surface area contributed by atoms with Gasteiger partial charge in [0.15, 0.2) is 0 Å². The molecule has 1 unspecified atom stereocenters. The van der Waals surface area contributed by atoms with Crippen molar-refractivity contribution in [3.05, 3.63) is 65.7 Å². The molecule has 1 amide bonds. The van der Waals surface area contributed by atoms with Crippen LogP contribution in [-0.2, 0) is 4.79 Å². The standard InChI is InChI=1S/C17H18F2N2O2/c18-13-6-7-14(19)16(10-13)21-17(23)11-20-15(8-9-22)12-4-2-1-3-5-12/h1-7,10,15,20,22H,8-9,11H2,(H,21,23). The number of aliphatic hydroxyl groups is 1. The van der Waals surface area contributed by atoms with E-state index in [4.69, 9.17) is 5.11 Å². The van der Waals surface area contributed by atoms with Crippen molar-refractivity contribution in [3.63, 3.8) is 0 Å². The van der Waals surface area contributed by atoms with Gasteiger partial charge in [0.1, 0.15) is 11.6 Å². The first kappa shape index (κ1) is 17.1. The van der Waals surface area contributed by atoms with Crippen molar-refractivity contribution in [3.8, 4) is 0 Å². The minimum atomic E-state index is -0.699. The number of halogens is 2. The first-order valence-electron chi connectivity index (χ1n) is 7.24. The molecular formula is C17H18F2N2O2. The normalized spacial score (nSPS) is 12.0. The zero-order chi connectivity index (χ0) is 16.7. The molecule has 0 saturated heterocycles. The Kier molecular flexibility index (Phi) is 6.19. The van der Waals surface area contributed by atoms with Crippen LogP contribution in [0.15, 0.2) is 48.5 Å². The van der Waals surface area contributed by atoms with Crippen molar-refractivity contribution in [2.24, 2.45) is 0 Å². The molecule has 0 heterocycles. The SMILES string of the molecule is O=C(CNC(CCO)c1ccccc1)Nc1cc(F)ccc1F. The molecule has 2 aromatic rings.